The van der Waals surface area contributed by atoms with Crippen LogP contribution in [0.25, 0.3) is 0 Å². The molecule has 5 nitrogen and oxygen atoms in total. The van der Waals surface area contributed by atoms with Crippen molar-refractivity contribution in [2.24, 2.45) is 0 Å². The van der Waals surface area contributed by atoms with E-state index in [2.05, 4.69) is 10.2 Å². The molecule has 1 heterocycles. The van der Waals surface area contributed by atoms with Crippen LogP contribution in [0.5, 0.6) is 5.75 Å². The molecule has 1 aliphatic heterocycles. The number of carbonyl (C=O) groups is 1. The lowest BCUT2D eigenvalue weighted by Gasteiger charge is -2.39. The van der Waals surface area contributed by atoms with Gasteiger partial charge in [0.25, 0.3) is 0 Å². The summed E-state index contributed by atoms with van der Waals surface area (Å²) in [6.45, 7) is 1.45. The Bertz CT molecular complexity index is 454. The van der Waals surface area contributed by atoms with Gasteiger partial charge in [0.1, 0.15) is 11.3 Å². The average molecular weight is 264 g/mol. The van der Waals surface area contributed by atoms with E-state index in [1.165, 1.54) is 0 Å². The van der Waals surface area contributed by atoms with Crippen LogP contribution >= 0.6 is 0 Å². The monoisotopic (exact) mass is 264 g/mol. The highest BCUT2D eigenvalue weighted by Crippen LogP contribution is 2.28. The molecule has 0 radical (unpaired) electrons. The van der Waals surface area contributed by atoms with Gasteiger partial charge < -0.3 is 20.1 Å². The summed E-state index contributed by atoms with van der Waals surface area (Å²) >= 11 is 0. The molecule has 0 aliphatic carbocycles. The van der Waals surface area contributed by atoms with Crippen LogP contribution in [0.4, 0.5) is 5.69 Å². The number of ether oxygens (including phenoxy) is 1. The van der Waals surface area contributed by atoms with Gasteiger partial charge in [-0.05, 0) is 32.0 Å². The van der Waals surface area contributed by atoms with E-state index in [0.29, 0.717) is 12.8 Å². The fraction of sp³-hybridized carbons (Fsp3) is 0.500. The molecule has 2 N–H and O–H groups in total. The number of carboxylic acids is 1. The first kappa shape index (κ1) is 13.7. The summed E-state index contributed by atoms with van der Waals surface area (Å²) in [7, 11) is 3.36. The number of rotatable bonds is 4. The lowest BCUT2D eigenvalue weighted by Crippen LogP contribution is -2.57. The summed E-state index contributed by atoms with van der Waals surface area (Å²) in [5.41, 5.74) is 0.296. The van der Waals surface area contributed by atoms with Crippen molar-refractivity contribution in [3.8, 4) is 5.75 Å². The summed E-state index contributed by atoms with van der Waals surface area (Å²) in [6.07, 6.45) is 1.19. The highest BCUT2D eigenvalue weighted by molar-refractivity contribution is 5.79. The molecular weight excluding hydrogens is 244 g/mol. The van der Waals surface area contributed by atoms with Crippen LogP contribution in [-0.2, 0) is 4.79 Å². The van der Waals surface area contributed by atoms with E-state index in [-0.39, 0.29) is 0 Å². The van der Waals surface area contributed by atoms with Crippen molar-refractivity contribution in [1.29, 1.82) is 0 Å². The van der Waals surface area contributed by atoms with Gasteiger partial charge in [-0.25, -0.2) is 0 Å². The lowest BCUT2D eigenvalue weighted by molar-refractivity contribution is -0.145. The van der Waals surface area contributed by atoms with Crippen LogP contribution in [0.2, 0.25) is 0 Å². The summed E-state index contributed by atoms with van der Waals surface area (Å²) in [5, 5.41) is 12.3. The topological polar surface area (TPSA) is 61.8 Å². The first-order chi connectivity index (χ1) is 9.11. The minimum Gasteiger partial charge on any atom is -0.497 e. The molecule has 0 spiro atoms. The Balaban J connectivity index is 2.09. The zero-order valence-corrected chi connectivity index (χ0v) is 11.3. The number of hydrogen-bond acceptors (Lipinski definition) is 4. The van der Waals surface area contributed by atoms with Gasteiger partial charge in [0.2, 0.25) is 0 Å². The Kier molecular flexibility index (Phi) is 3.95. The number of nitrogens with one attached hydrogen (secondary N) is 1. The number of anilines is 1. The first-order valence-electron chi connectivity index (χ1n) is 6.42. The first-order valence-corrected chi connectivity index (χ1v) is 6.42. The molecule has 0 unspecified atom stereocenters. The molecule has 2 rings (SSSR count). The van der Waals surface area contributed by atoms with Gasteiger partial charge in [0.05, 0.1) is 7.11 Å². The number of nitrogens with zero attached hydrogens (tertiary/aromatic N) is 1. The molecule has 19 heavy (non-hydrogen) atoms. The highest BCUT2D eigenvalue weighted by atomic mass is 16.5. The summed E-state index contributed by atoms with van der Waals surface area (Å²) < 4.78 is 5.21. The van der Waals surface area contributed by atoms with Crippen LogP contribution in [0, 0.1) is 0 Å². The maximum atomic E-state index is 11.3. The van der Waals surface area contributed by atoms with Gasteiger partial charge in [0.15, 0.2) is 0 Å². The molecule has 0 aromatic heterocycles. The highest BCUT2D eigenvalue weighted by Gasteiger charge is 2.40. The third-order valence-corrected chi connectivity index (χ3v) is 3.92. The van der Waals surface area contributed by atoms with Crippen molar-refractivity contribution in [3.05, 3.63) is 24.3 Å². The fourth-order valence-electron chi connectivity index (χ4n) is 2.52. The van der Waals surface area contributed by atoms with Crippen molar-refractivity contribution >= 4 is 11.7 Å². The normalized spacial score (nSPS) is 18.1. The number of aliphatic carboxylic acids is 1. The average Bonchev–Trinajstić information content (AvgIpc) is 2.47. The molecule has 0 bridgehead atoms. The third-order valence-electron chi connectivity index (χ3n) is 3.92. The molecular formula is C14H20N2O3. The van der Waals surface area contributed by atoms with Gasteiger partial charge in [-0.1, -0.05) is 6.07 Å². The summed E-state index contributed by atoms with van der Waals surface area (Å²) in [5.74, 6) is 0.0569. The second-order valence-corrected chi connectivity index (χ2v) is 4.83. The quantitative estimate of drug-likeness (QED) is 0.859. The van der Waals surface area contributed by atoms with Crippen molar-refractivity contribution in [2.75, 3.05) is 32.1 Å². The van der Waals surface area contributed by atoms with Gasteiger partial charge >= 0.3 is 5.97 Å². The molecule has 0 atom stereocenters. The molecule has 1 fully saturated rings. The van der Waals surface area contributed by atoms with E-state index in [1.54, 1.807) is 14.2 Å². The third kappa shape index (κ3) is 2.66. The maximum Gasteiger partial charge on any atom is 0.324 e. The Morgan fingerprint density at radius 1 is 1.42 bits per heavy atom. The zero-order chi connectivity index (χ0) is 13.9. The Hall–Kier alpha value is -1.75. The summed E-state index contributed by atoms with van der Waals surface area (Å²) in [4.78, 5) is 13.5. The minimum atomic E-state index is -0.782. The van der Waals surface area contributed by atoms with Gasteiger partial charge in [-0.15, -0.1) is 0 Å². The SMILES string of the molecule is CNC1(C(=O)O)CCN(c2cccc(OC)c2)CC1. The Morgan fingerprint density at radius 2 is 2.11 bits per heavy atom. The largest absolute Gasteiger partial charge is 0.497 e. The Labute approximate surface area is 113 Å². The number of hydrogen-bond donors (Lipinski definition) is 2. The van der Waals surface area contributed by atoms with E-state index in [4.69, 9.17) is 4.74 Å². The fourth-order valence-corrected chi connectivity index (χ4v) is 2.52. The predicted molar refractivity (Wildman–Crippen MR) is 73.9 cm³/mol. The predicted octanol–water partition coefficient (Wildman–Crippen LogP) is 1.34. The minimum absolute atomic E-state index is 0.593. The number of methoxy groups -OCH3 is 1. The van der Waals surface area contributed by atoms with Crippen LogP contribution in [0.1, 0.15) is 12.8 Å². The van der Waals surface area contributed by atoms with Crippen molar-refractivity contribution in [1.82, 2.24) is 5.32 Å². The van der Waals surface area contributed by atoms with Crippen molar-refractivity contribution in [3.63, 3.8) is 0 Å². The summed E-state index contributed by atoms with van der Waals surface area (Å²) in [6, 6.07) is 7.86. The number of benzene rings is 1. The van der Waals surface area contributed by atoms with Crippen LogP contribution in [0.15, 0.2) is 24.3 Å². The van der Waals surface area contributed by atoms with E-state index in [0.717, 1.165) is 24.5 Å². The smallest absolute Gasteiger partial charge is 0.324 e. The second-order valence-electron chi connectivity index (χ2n) is 4.83. The number of piperidine rings is 1. The lowest BCUT2D eigenvalue weighted by atomic mass is 9.87. The van der Waals surface area contributed by atoms with Crippen LogP contribution in [0.3, 0.4) is 0 Å². The van der Waals surface area contributed by atoms with E-state index < -0.39 is 11.5 Å². The Morgan fingerprint density at radius 3 is 2.63 bits per heavy atom. The molecule has 104 valence electrons. The standard InChI is InChI=1S/C14H20N2O3/c1-15-14(13(17)18)6-8-16(9-7-14)11-4-3-5-12(10-11)19-2/h3-5,10,15H,6-9H2,1-2H3,(H,17,18). The van der Waals surface area contributed by atoms with Gasteiger partial charge in [-0.2, -0.15) is 0 Å². The number of likely N-dealkylation sites (N-methyl/N-ethyl adjacent to an activating group) is 1. The van der Waals surface area contributed by atoms with Gasteiger partial charge in [-0.3, -0.25) is 4.79 Å². The second kappa shape index (κ2) is 5.48. The van der Waals surface area contributed by atoms with E-state index >= 15 is 0 Å². The number of carboxylic acid groups (broad SMARTS) is 1. The molecule has 1 aliphatic rings. The van der Waals surface area contributed by atoms with Crippen LogP contribution in [-0.4, -0.2) is 43.9 Å². The molecule has 0 amide bonds. The molecule has 5 heteroatoms. The molecule has 0 saturated carbocycles. The van der Waals surface area contributed by atoms with Crippen molar-refractivity contribution in [2.45, 2.75) is 18.4 Å². The zero-order valence-electron chi connectivity index (χ0n) is 11.3. The maximum absolute atomic E-state index is 11.3. The van der Waals surface area contributed by atoms with Crippen molar-refractivity contribution < 1.29 is 14.6 Å². The van der Waals surface area contributed by atoms with E-state index in [9.17, 15) is 9.90 Å². The molecule has 1 aromatic rings. The van der Waals surface area contributed by atoms with Crippen LogP contribution < -0.4 is 15.0 Å². The molecule has 1 aromatic carbocycles. The van der Waals surface area contributed by atoms with Gasteiger partial charge in [0, 0.05) is 24.8 Å². The van der Waals surface area contributed by atoms with E-state index in [1.807, 2.05) is 24.3 Å². The molecule has 1 saturated heterocycles.